The van der Waals surface area contributed by atoms with Gasteiger partial charge >= 0.3 is 0 Å². The molecule has 0 fully saturated rings. The second-order valence-corrected chi connectivity index (χ2v) is 14.7. The Labute approximate surface area is 304 Å². The normalized spacial score (nSPS) is 11.8. The molecule has 11 aromatic rings. The third kappa shape index (κ3) is 4.48. The summed E-state index contributed by atoms with van der Waals surface area (Å²) in [6.45, 7) is 0. The smallest absolute Gasteiger partial charge is 0.135 e. The average Bonchev–Trinajstić information content (AvgIpc) is 3.78. The number of rotatable bonds is 4. The molecule has 52 heavy (non-hydrogen) atoms. The summed E-state index contributed by atoms with van der Waals surface area (Å²) in [6, 6.07) is 66.3. The van der Waals surface area contributed by atoms with Gasteiger partial charge < -0.3 is 4.42 Å². The molecule has 0 aliphatic rings. The van der Waals surface area contributed by atoms with E-state index in [-0.39, 0.29) is 0 Å². The molecule has 0 aliphatic heterocycles. The van der Waals surface area contributed by atoms with Gasteiger partial charge in [0.2, 0.25) is 0 Å². The molecule has 0 saturated heterocycles. The van der Waals surface area contributed by atoms with Crippen molar-refractivity contribution in [2.45, 2.75) is 0 Å². The zero-order chi connectivity index (χ0) is 34.2. The zero-order valence-electron chi connectivity index (χ0n) is 28.1. The minimum Gasteiger partial charge on any atom is -0.456 e. The highest BCUT2D eigenvalue weighted by Crippen LogP contribution is 2.46. The maximum atomic E-state index is 6.14. The molecule has 0 aliphatic carbocycles. The van der Waals surface area contributed by atoms with Gasteiger partial charge in [0.25, 0.3) is 0 Å². The third-order valence-corrected chi connectivity index (χ3v) is 11.8. The number of furan rings is 1. The van der Waals surface area contributed by atoms with Crippen LogP contribution in [-0.2, 0) is 0 Å². The van der Waals surface area contributed by atoms with E-state index in [1.165, 1.54) is 86.2 Å². The fourth-order valence-corrected chi connectivity index (χ4v) is 9.42. The maximum Gasteiger partial charge on any atom is 0.135 e. The molecule has 0 N–H and O–H groups in total. The molecule has 0 radical (unpaired) electrons. The minimum absolute atomic E-state index is 0.915. The molecule has 1 nitrogen and oxygen atoms in total. The summed E-state index contributed by atoms with van der Waals surface area (Å²) in [5, 5.41) is 10.0. The Morgan fingerprint density at radius 2 is 0.750 bits per heavy atom. The highest BCUT2D eigenvalue weighted by molar-refractivity contribution is 7.25. The predicted molar refractivity (Wildman–Crippen MR) is 223 cm³/mol. The average molecular weight is 679 g/mol. The topological polar surface area (TPSA) is 13.1 Å². The van der Waals surface area contributed by atoms with E-state index >= 15 is 0 Å². The first-order valence-corrected chi connectivity index (χ1v) is 18.6. The van der Waals surface area contributed by atoms with Gasteiger partial charge in [0, 0.05) is 30.9 Å². The first-order chi connectivity index (χ1) is 25.8. The molecular formula is C50H30OS. The van der Waals surface area contributed by atoms with Crippen molar-refractivity contribution in [3.05, 3.63) is 182 Å². The molecule has 0 saturated carbocycles. The Bertz CT molecular complexity index is 3120. The lowest BCUT2D eigenvalue weighted by molar-refractivity contribution is 0.669. The van der Waals surface area contributed by atoms with Gasteiger partial charge in [-0.05, 0) is 102 Å². The van der Waals surface area contributed by atoms with Crippen LogP contribution in [0.2, 0.25) is 0 Å². The van der Waals surface area contributed by atoms with E-state index in [9.17, 15) is 0 Å². The molecular weight excluding hydrogens is 649 g/mol. The van der Waals surface area contributed by atoms with Gasteiger partial charge in [-0.1, -0.05) is 146 Å². The van der Waals surface area contributed by atoms with E-state index in [0.29, 0.717) is 0 Å². The lowest BCUT2D eigenvalue weighted by Gasteiger charge is -2.18. The minimum atomic E-state index is 0.915. The van der Waals surface area contributed by atoms with Crippen LogP contribution in [0.25, 0.3) is 108 Å². The SMILES string of the molecule is c1ccc(-c2ccc3oc4ccccc4c3c2)c(-c2ccc(-c3c4ccccc4c(-c4ccc5sc6ccccc6c5c4)c4ccccc34)cc2)c1. The van der Waals surface area contributed by atoms with Gasteiger partial charge in [-0.3, -0.25) is 0 Å². The molecule has 0 spiro atoms. The first-order valence-electron chi connectivity index (χ1n) is 17.8. The lowest BCUT2D eigenvalue weighted by atomic mass is 9.85. The van der Waals surface area contributed by atoms with Crippen molar-refractivity contribution < 1.29 is 4.42 Å². The molecule has 11 rings (SSSR count). The molecule has 2 heteroatoms. The Morgan fingerprint density at radius 3 is 1.46 bits per heavy atom. The fraction of sp³-hybridized carbons (Fsp3) is 0. The molecule has 2 heterocycles. The monoisotopic (exact) mass is 678 g/mol. The second kappa shape index (κ2) is 11.5. The Morgan fingerprint density at radius 1 is 0.288 bits per heavy atom. The van der Waals surface area contributed by atoms with E-state index in [0.717, 1.165) is 21.9 Å². The van der Waals surface area contributed by atoms with Crippen molar-refractivity contribution in [1.82, 2.24) is 0 Å². The van der Waals surface area contributed by atoms with Crippen molar-refractivity contribution in [2.75, 3.05) is 0 Å². The Kier molecular flexibility index (Phi) is 6.49. The zero-order valence-corrected chi connectivity index (χ0v) is 29.0. The van der Waals surface area contributed by atoms with Crippen LogP contribution in [0.4, 0.5) is 0 Å². The molecule has 0 atom stereocenters. The summed E-state index contributed by atoms with van der Waals surface area (Å²) >= 11 is 1.87. The Balaban J connectivity index is 1.06. The van der Waals surface area contributed by atoms with Crippen molar-refractivity contribution in [3.8, 4) is 44.5 Å². The van der Waals surface area contributed by atoms with E-state index in [1.54, 1.807) is 0 Å². The number of para-hydroxylation sites is 1. The molecule has 2 aromatic heterocycles. The van der Waals surface area contributed by atoms with Crippen LogP contribution in [-0.4, -0.2) is 0 Å². The van der Waals surface area contributed by atoms with Gasteiger partial charge in [0.05, 0.1) is 0 Å². The van der Waals surface area contributed by atoms with Gasteiger partial charge in [0.1, 0.15) is 11.2 Å². The molecule has 0 amide bonds. The van der Waals surface area contributed by atoms with Crippen LogP contribution in [0.15, 0.2) is 186 Å². The van der Waals surface area contributed by atoms with Gasteiger partial charge in [-0.2, -0.15) is 0 Å². The van der Waals surface area contributed by atoms with Crippen LogP contribution in [0.3, 0.4) is 0 Å². The Hall–Kier alpha value is -6.48. The highest BCUT2D eigenvalue weighted by atomic mass is 32.1. The summed E-state index contributed by atoms with van der Waals surface area (Å²) in [6.07, 6.45) is 0. The van der Waals surface area contributed by atoms with Crippen LogP contribution >= 0.6 is 11.3 Å². The summed E-state index contributed by atoms with van der Waals surface area (Å²) in [7, 11) is 0. The second-order valence-electron chi connectivity index (χ2n) is 13.6. The number of hydrogen-bond donors (Lipinski definition) is 0. The molecule has 9 aromatic carbocycles. The van der Waals surface area contributed by atoms with Crippen molar-refractivity contribution in [3.63, 3.8) is 0 Å². The van der Waals surface area contributed by atoms with Crippen molar-refractivity contribution in [1.29, 1.82) is 0 Å². The summed E-state index contributed by atoms with van der Waals surface area (Å²) in [5.41, 5.74) is 11.7. The third-order valence-electron chi connectivity index (χ3n) is 10.7. The lowest BCUT2D eigenvalue weighted by Crippen LogP contribution is -1.91. The van der Waals surface area contributed by atoms with Gasteiger partial charge in [-0.15, -0.1) is 11.3 Å². The van der Waals surface area contributed by atoms with Crippen LogP contribution in [0.5, 0.6) is 0 Å². The number of thiophene rings is 1. The molecule has 0 bridgehead atoms. The first kappa shape index (κ1) is 29.3. The highest BCUT2D eigenvalue weighted by Gasteiger charge is 2.18. The predicted octanol–water partition coefficient (Wildman–Crippen LogP) is 14.9. The number of fused-ring (bicyclic) bond motifs is 8. The van der Waals surface area contributed by atoms with Crippen molar-refractivity contribution >= 4 is 75.0 Å². The number of hydrogen-bond acceptors (Lipinski definition) is 2. The summed E-state index contributed by atoms with van der Waals surface area (Å²) in [5.74, 6) is 0. The molecule has 242 valence electrons. The van der Waals surface area contributed by atoms with Crippen LogP contribution in [0.1, 0.15) is 0 Å². The summed E-state index contributed by atoms with van der Waals surface area (Å²) in [4.78, 5) is 0. The molecule has 0 unspecified atom stereocenters. The van der Waals surface area contributed by atoms with E-state index in [4.69, 9.17) is 4.42 Å². The van der Waals surface area contributed by atoms with Crippen LogP contribution < -0.4 is 0 Å². The van der Waals surface area contributed by atoms with Crippen molar-refractivity contribution in [2.24, 2.45) is 0 Å². The van der Waals surface area contributed by atoms with Gasteiger partial charge in [0.15, 0.2) is 0 Å². The van der Waals surface area contributed by atoms with Gasteiger partial charge in [-0.25, -0.2) is 0 Å². The summed E-state index contributed by atoms with van der Waals surface area (Å²) < 4.78 is 8.79. The quantitative estimate of drug-likeness (QED) is 0.169. The standard InChI is InChI=1S/C50H30OS/c1-2-12-36(33-25-27-46-43(29-33)37-13-7-9-19-45(37)51-46)35(11-1)31-21-23-32(24-22-31)49-39-15-3-5-17-41(39)50(42-18-6-4-16-40(42)49)34-26-28-48-44(30-34)38-14-8-10-20-47(38)52-48/h1-30H. The largest absolute Gasteiger partial charge is 0.456 e. The van der Waals surface area contributed by atoms with E-state index in [1.807, 2.05) is 23.5 Å². The number of benzene rings is 9. The van der Waals surface area contributed by atoms with Crippen LogP contribution in [0, 0.1) is 0 Å². The maximum absolute atomic E-state index is 6.14. The van der Waals surface area contributed by atoms with E-state index in [2.05, 4.69) is 170 Å². The van der Waals surface area contributed by atoms with E-state index < -0.39 is 0 Å². The fourth-order valence-electron chi connectivity index (χ4n) is 8.33.